The van der Waals surface area contributed by atoms with Crippen molar-refractivity contribution < 1.29 is 14.3 Å². The van der Waals surface area contributed by atoms with Crippen LogP contribution in [0.3, 0.4) is 0 Å². The zero-order chi connectivity index (χ0) is 18.4. The predicted molar refractivity (Wildman–Crippen MR) is 98.3 cm³/mol. The Kier molecular flexibility index (Phi) is 6.44. The van der Waals surface area contributed by atoms with Crippen LogP contribution in [0.25, 0.3) is 0 Å². The number of rotatable bonds is 7. The third-order valence-electron chi connectivity index (χ3n) is 4.42. The Bertz CT molecular complexity index is 683. The molecule has 1 amide bonds. The summed E-state index contributed by atoms with van der Waals surface area (Å²) in [4.78, 5) is 21.0. The molecule has 0 aliphatic rings. The molecule has 0 unspecified atom stereocenters. The van der Waals surface area contributed by atoms with E-state index in [4.69, 9.17) is 9.47 Å². The zero-order valence-corrected chi connectivity index (χ0v) is 15.6. The van der Waals surface area contributed by atoms with Gasteiger partial charge in [-0.05, 0) is 48.9 Å². The number of anilines is 1. The van der Waals surface area contributed by atoms with Gasteiger partial charge in [-0.25, -0.2) is 9.78 Å². The molecule has 1 aromatic heterocycles. The van der Waals surface area contributed by atoms with E-state index in [0.29, 0.717) is 12.5 Å². The molecule has 6 nitrogen and oxygen atoms in total. The Morgan fingerprint density at radius 3 is 2.60 bits per heavy atom. The zero-order valence-electron chi connectivity index (χ0n) is 15.6. The van der Waals surface area contributed by atoms with Crippen molar-refractivity contribution in [2.75, 3.05) is 25.7 Å². The quantitative estimate of drug-likeness (QED) is 0.824. The van der Waals surface area contributed by atoms with Gasteiger partial charge in [-0.2, -0.15) is 0 Å². The maximum Gasteiger partial charge on any atom is 0.413 e. The van der Waals surface area contributed by atoms with Crippen molar-refractivity contribution in [3.05, 3.63) is 42.0 Å². The average Bonchev–Trinajstić information content (AvgIpc) is 3.13. The second-order valence-electron chi connectivity index (χ2n) is 6.26. The number of amides is 1. The van der Waals surface area contributed by atoms with Gasteiger partial charge in [0.25, 0.3) is 0 Å². The van der Waals surface area contributed by atoms with Crippen LogP contribution >= 0.6 is 0 Å². The number of aromatic nitrogens is 2. The van der Waals surface area contributed by atoms with Crippen molar-refractivity contribution in [2.45, 2.75) is 33.1 Å². The second-order valence-corrected chi connectivity index (χ2v) is 6.26. The number of hydrogen-bond donors (Lipinski definition) is 1. The summed E-state index contributed by atoms with van der Waals surface area (Å²) in [6.07, 6.45) is 4.03. The number of hydrogen-bond acceptors (Lipinski definition) is 4. The highest BCUT2D eigenvalue weighted by Gasteiger charge is 2.23. The van der Waals surface area contributed by atoms with Crippen LogP contribution in [0.15, 0.2) is 30.7 Å². The third-order valence-corrected chi connectivity index (χ3v) is 4.42. The maximum atomic E-state index is 12.0. The van der Waals surface area contributed by atoms with Crippen molar-refractivity contribution in [3.8, 4) is 5.75 Å². The molecule has 1 N–H and O–H groups in total. The van der Waals surface area contributed by atoms with Crippen molar-refractivity contribution in [3.63, 3.8) is 0 Å². The van der Waals surface area contributed by atoms with E-state index >= 15 is 0 Å². The van der Waals surface area contributed by atoms with Crippen LogP contribution in [0.1, 0.15) is 37.9 Å². The van der Waals surface area contributed by atoms with Gasteiger partial charge in [0.15, 0.2) is 0 Å². The molecule has 1 heterocycles. The molecule has 1 aromatic carbocycles. The SMILES string of the molecule is CCN(C(=O)OC)c1ccc(OC)c([C@@H](Cc2c[nH]cn2)C(C)C)c1. The van der Waals surface area contributed by atoms with E-state index in [9.17, 15) is 4.79 Å². The van der Waals surface area contributed by atoms with E-state index in [2.05, 4.69) is 23.8 Å². The van der Waals surface area contributed by atoms with Crippen LogP contribution in [0, 0.1) is 5.92 Å². The Morgan fingerprint density at radius 1 is 1.32 bits per heavy atom. The van der Waals surface area contributed by atoms with Gasteiger partial charge in [-0.3, -0.25) is 4.90 Å². The minimum absolute atomic E-state index is 0.217. The van der Waals surface area contributed by atoms with Gasteiger partial charge in [0.2, 0.25) is 0 Å². The summed E-state index contributed by atoms with van der Waals surface area (Å²) in [5, 5.41) is 0. The first kappa shape index (κ1) is 18.8. The largest absolute Gasteiger partial charge is 0.496 e. The number of nitrogens with one attached hydrogen (secondary N) is 1. The Labute approximate surface area is 149 Å². The summed E-state index contributed by atoms with van der Waals surface area (Å²) in [7, 11) is 3.06. The number of H-pyrrole nitrogens is 1. The molecule has 2 aromatic rings. The molecule has 0 bridgehead atoms. The van der Waals surface area contributed by atoms with Crippen LogP contribution in [-0.4, -0.2) is 36.8 Å². The molecule has 136 valence electrons. The Morgan fingerprint density at radius 2 is 2.08 bits per heavy atom. The molecule has 2 rings (SSSR count). The first-order valence-electron chi connectivity index (χ1n) is 8.52. The fraction of sp³-hybridized carbons (Fsp3) is 0.474. The lowest BCUT2D eigenvalue weighted by Gasteiger charge is -2.26. The number of imidazole rings is 1. The highest BCUT2D eigenvalue weighted by atomic mass is 16.5. The van der Waals surface area contributed by atoms with E-state index < -0.39 is 0 Å². The van der Waals surface area contributed by atoms with Gasteiger partial charge in [-0.1, -0.05) is 13.8 Å². The third kappa shape index (κ3) is 4.32. The Balaban J connectivity index is 2.44. The smallest absolute Gasteiger partial charge is 0.413 e. The number of methoxy groups -OCH3 is 2. The molecule has 1 atom stereocenters. The first-order chi connectivity index (χ1) is 12.0. The fourth-order valence-electron chi connectivity index (χ4n) is 3.04. The molecular weight excluding hydrogens is 318 g/mol. The highest BCUT2D eigenvalue weighted by molar-refractivity contribution is 5.87. The van der Waals surface area contributed by atoms with E-state index in [1.54, 1.807) is 18.3 Å². The number of benzene rings is 1. The number of carbonyl (C=O) groups excluding carboxylic acids is 1. The molecular formula is C19H27N3O3. The van der Waals surface area contributed by atoms with E-state index in [-0.39, 0.29) is 12.0 Å². The molecule has 0 spiro atoms. The summed E-state index contributed by atoms with van der Waals surface area (Å²) in [6, 6.07) is 5.82. The maximum absolute atomic E-state index is 12.0. The van der Waals surface area contributed by atoms with Crippen LogP contribution in [0.2, 0.25) is 0 Å². The predicted octanol–water partition coefficient (Wildman–Crippen LogP) is 3.99. The fourth-order valence-corrected chi connectivity index (χ4v) is 3.04. The van der Waals surface area contributed by atoms with Crippen molar-refractivity contribution in [1.29, 1.82) is 0 Å². The van der Waals surface area contributed by atoms with Gasteiger partial charge >= 0.3 is 6.09 Å². The summed E-state index contributed by atoms with van der Waals surface area (Å²) in [5.74, 6) is 1.42. The van der Waals surface area contributed by atoms with Crippen LogP contribution in [0.4, 0.5) is 10.5 Å². The molecule has 0 radical (unpaired) electrons. The summed E-state index contributed by atoms with van der Waals surface area (Å²) in [6.45, 7) is 6.82. The van der Waals surface area contributed by atoms with Gasteiger partial charge < -0.3 is 14.5 Å². The topological polar surface area (TPSA) is 67.5 Å². The minimum atomic E-state index is -0.369. The second kappa shape index (κ2) is 8.55. The van der Waals surface area contributed by atoms with Crippen LogP contribution < -0.4 is 9.64 Å². The van der Waals surface area contributed by atoms with Crippen molar-refractivity contribution in [2.24, 2.45) is 5.92 Å². The van der Waals surface area contributed by atoms with Crippen molar-refractivity contribution in [1.82, 2.24) is 9.97 Å². The lowest BCUT2D eigenvalue weighted by molar-refractivity contribution is 0.179. The Hall–Kier alpha value is -2.50. The summed E-state index contributed by atoms with van der Waals surface area (Å²) < 4.78 is 10.5. The molecule has 0 saturated carbocycles. The van der Waals surface area contributed by atoms with Gasteiger partial charge in [-0.15, -0.1) is 0 Å². The molecule has 0 fully saturated rings. The van der Waals surface area contributed by atoms with Crippen LogP contribution in [0.5, 0.6) is 5.75 Å². The number of aromatic amines is 1. The van der Waals surface area contributed by atoms with E-state index in [1.807, 2.05) is 31.3 Å². The standard InChI is InChI=1S/C19H27N3O3/c1-6-22(19(23)25-5)15-7-8-18(24-4)17(10-15)16(13(2)3)9-14-11-20-12-21-14/h7-8,10-13,16H,6,9H2,1-5H3,(H,20,21)/t16-/m0/s1. The lowest BCUT2D eigenvalue weighted by atomic mass is 9.84. The molecule has 0 aliphatic heterocycles. The number of ether oxygens (including phenoxy) is 2. The highest BCUT2D eigenvalue weighted by Crippen LogP contribution is 2.37. The van der Waals surface area contributed by atoms with Gasteiger partial charge in [0, 0.05) is 18.4 Å². The van der Waals surface area contributed by atoms with E-state index in [0.717, 1.165) is 29.1 Å². The summed E-state index contributed by atoms with van der Waals surface area (Å²) >= 11 is 0. The molecule has 0 aliphatic carbocycles. The van der Waals surface area contributed by atoms with Crippen molar-refractivity contribution >= 4 is 11.8 Å². The van der Waals surface area contributed by atoms with Crippen LogP contribution in [-0.2, 0) is 11.2 Å². The normalized spacial score (nSPS) is 12.1. The first-order valence-corrected chi connectivity index (χ1v) is 8.52. The average molecular weight is 345 g/mol. The van der Waals surface area contributed by atoms with Gasteiger partial charge in [0.05, 0.1) is 26.2 Å². The molecule has 6 heteroatoms. The molecule has 0 saturated heterocycles. The summed E-state index contributed by atoms with van der Waals surface area (Å²) in [5.41, 5.74) is 2.88. The monoisotopic (exact) mass is 345 g/mol. The minimum Gasteiger partial charge on any atom is -0.496 e. The van der Waals surface area contributed by atoms with Gasteiger partial charge in [0.1, 0.15) is 5.75 Å². The lowest BCUT2D eigenvalue weighted by Crippen LogP contribution is -2.30. The van der Waals surface area contributed by atoms with E-state index in [1.165, 1.54) is 7.11 Å². The number of nitrogens with zero attached hydrogens (tertiary/aromatic N) is 2. The number of carbonyl (C=O) groups is 1. The molecule has 25 heavy (non-hydrogen) atoms.